The summed E-state index contributed by atoms with van der Waals surface area (Å²) in [5.41, 5.74) is 0.827. The van der Waals surface area contributed by atoms with Gasteiger partial charge < -0.3 is 5.11 Å². The average Bonchev–Trinajstić information content (AvgIpc) is 2.27. The smallest absolute Gasteiger partial charge is 0.233 e. The summed E-state index contributed by atoms with van der Waals surface area (Å²) < 4.78 is 25.7. The van der Waals surface area contributed by atoms with Crippen molar-refractivity contribution >= 4 is 16.1 Å². The van der Waals surface area contributed by atoms with E-state index in [9.17, 15) is 8.42 Å². The summed E-state index contributed by atoms with van der Waals surface area (Å²) in [6.07, 6.45) is 1.94. The lowest BCUT2D eigenvalue weighted by molar-refractivity contribution is 0.275. The largest absolute Gasteiger partial charge is 0.396 e. The number of rotatable bonds is 6. The first-order chi connectivity index (χ1) is 8.03. The third-order valence-corrected chi connectivity index (χ3v) is 3.39. The lowest BCUT2D eigenvalue weighted by Crippen LogP contribution is -2.31. The van der Waals surface area contributed by atoms with Gasteiger partial charge in [-0.25, -0.2) is 13.1 Å². The Balaban J connectivity index is 2.64. The molecular weight excluding hydrogens is 238 g/mol. The molecule has 5 heteroatoms. The number of aliphatic hydroxyl groups excluding tert-OH is 1. The fourth-order valence-electron chi connectivity index (χ4n) is 1.30. The molecule has 0 heterocycles. The predicted molar refractivity (Wildman–Crippen MR) is 68.7 cm³/mol. The molecular formula is C12H17NO3S. The van der Waals surface area contributed by atoms with Crippen LogP contribution in [-0.4, -0.2) is 26.2 Å². The molecule has 0 fully saturated rings. The Kier molecular flexibility index (Phi) is 5.34. The van der Waals surface area contributed by atoms with Crippen LogP contribution in [0.4, 0.5) is 0 Å². The van der Waals surface area contributed by atoms with Crippen LogP contribution in [0.1, 0.15) is 18.9 Å². The number of hydrogen-bond donors (Lipinski definition) is 2. The maximum absolute atomic E-state index is 11.6. The molecule has 1 aromatic rings. The molecule has 0 aliphatic heterocycles. The van der Waals surface area contributed by atoms with E-state index in [0.29, 0.717) is 6.42 Å². The molecule has 0 saturated heterocycles. The fraction of sp³-hybridized carbons (Fsp3) is 0.333. The predicted octanol–water partition coefficient (Wildman–Crippen LogP) is 1.35. The van der Waals surface area contributed by atoms with E-state index in [0.717, 1.165) is 11.0 Å². The van der Waals surface area contributed by atoms with Crippen LogP contribution in [0.25, 0.3) is 6.08 Å². The number of nitrogens with one attached hydrogen (secondary N) is 1. The van der Waals surface area contributed by atoms with Gasteiger partial charge in [0.05, 0.1) is 0 Å². The van der Waals surface area contributed by atoms with E-state index in [4.69, 9.17) is 5.11 Å². The molecule has 0 saturated carbocycles. The normalized spacial score (nSPS) is 14.0. The molecule has 1 aromatic carbocycles. The third-order valence-electron chi connectivity index (χ3n) is 2.17. The molecule has 94 valence electrons. The van der Waals surface area contributed by atoms with Gasteiger partial charge in [-0.15, -0.1) is 0 Å². The van der Waals surface area contributed by atoms with Crippen molar-refractivity contribution in [2.45, 2.75) is 19.4 Å². The van der Waals surface area contributed by atoms with Gasteiger partial charge >= 0.3 is 0 Å². The van der Waals surface area contributed by atoms with Gasteiger partial charge in [-0.2, -0.15) is 0 Å². The summed E-state index contributed by atoms with van der Waals surface area (Å²) in [5.74, 6) is 0. The van der Waals surface area contributed by atoms with Crippen molar-refractivity contribution in [3.63, 3.8) is 0 Å². The van der Waals surface area contributed by atoms with E-state index in [-0.39, 0.29) is 12.6 Å². The van der Waals surface area contributed by atoms with Crippen LogP contribution < -0.4 is 4.72 Å². The van der Waals surface area contributed by atoms with E-state index in [1.165, 1.54) is 6.08 Å². The standard InChI is InChI=1S/C12H17NO3S/c1-11(7-9-14)13-17(15,16)10-8-12-5-3-2-4-6-12/h2-6,8,10-11,13-14H,7,9H2,1H3/b10-8+. The lowest BCUT2D eigenvalue weighted by Gasteiger charge is -2.09. The Morgan fingerprint density at radius 3 is 2.59 bits per heavy atom. The van der Waals surface area contributed by atoms with Crippen LogP contribution in [0.2, 0.25) is 0 Å². The molecule has 1 atom stereocenters. The highest BCUT2D eigenvalue weighted by molar-refractivity contribution is 7.92. The summed E-state index contributed by atoms with van der Waals surface area (Å²) in [7, 11) is -3.44. The van der Waals surface area contributed by atoms with Crippen LogP contribution in [-0.2, 0) is 10.0 Å². The van der Waals surface area contributed by atoms with Gasteiger partial charge in [-0.3, -0.25) is 0 Å². The zero-order valence-electron chi connectivity index (χ0n) is 9.70. The van der Waals surface area contributed by atoms with Crippen LogP contribution in [0.3, 0.4) is 0 Å². The number of sulfonamides is 1. The molecule has 1 rings (SSSR count). The quantitative estimate of drug-likeness (QED) is 0.806. The second-order valence-corrected chi connectivity index (χ2v) is 5.39. The van der Waals surface area contributed by atoms with E-state index >= 15 is 0 Å². The molecule has 0 spiro atoms. The maximum Gasteiger partial charge on any atom is 0.233 e. The summed E-state index contributed by atoms with van der Waals surface area (Å²) in [4.78, 5) is 0. The van der Waals surface area contributed by atoms with E-state index in [2.05, 4.69) is 4.72 Å². The van der Waals surface area contributed by atoms with Gasteiger partial charge in [0.1, 0.15) is 0 Å². The molecule has 17 heavy (non-hydrogen) atoms. The average molecular weight is 255 g/mol. The summed E-state index contributed by atoms with van der Waals surface area (Å²) >= 11 is 0. The zero-order valence-corrected chi connectivity index (χ0v) is 10.5. The minimum absolute atomic E-state index is 0.0356. The van der Waals surface area contributed by atoms with E-state index in [1.54, 1.807) is 6.92 Å². The third kappa shape index (κ3) is 5.63. The van der Waals surface area contributed by atoms with Crippen LogP contribution in [0, 0.1) is 0 Å². The Morgan fingerprint density at radius 2 is 2.00 bits per heavy atom. The van der Waals surface area contributed by atoms with Crippen molar-refractivity contribution in [2.75, 3.05) is 6.61 Å². The monoisotopic (exact) mass is 255 g/mol. The van der Waals surface area contributed by atoms with Gasteiger partial charge in [-0.05, 0) is 25.0 Å². The van der Waals surface area contributed by atoms with E-state index in [1.807, 2.05) is 30.3 Å². The lowest BCUT2D eigenvalue weighted by atomic mass is 10.2. The second kappa shape index (κ2) is 6.54. The molecule has 0 amide bonds. The highest BCUT2D eigenvalue weighted by Gasteiger charge is 2.09. The molecule has 0 radical (unpaired) electrons. The van der Waals surface area contributed by atoms with Crippen molar-refractivity contribution in [1.82, 2.24) is 4.72 Å². The first-order valence-corrected chi connectivity index (χ1v) is 6.94. The summed E-state index contributed by atoms with van der Waals surface area (Å²) in [6, 6.07) is 8.92. The van der Waals surface area contributed by atoms with Crippen molar-refractivity contribution < 1.29 is 13.5 Å². The van der Waals surface area contributed by atoms with E-state index < -0.39 is 10.0 Å². The van der Waals surface area contributed by atoms with Crippen LogP contribution >= 0.6 is 0 Å². The first-order valence-electron chi connectivity index (χ1n) is 5.40. The highest BCUT2D eigenvalue weighted by atomic mass is 32.2. The van der Waals surface area contributed by atoms with Gasteiger partial charge in [0.2, 0.25) is 10.0 Å². The Labute approximate surface area is 102 Å². The molecule has 0 aliphatic rings. The molecule has 2 N–H and O–H groups in total. The molecule has 0 bridgehead atoms. The van der Waals surface area contributed by atoms with Crippen LogP contribution in [0.5, 0.6) is 0 Å². The fourth-order valence-corrected chi connectivity index (χ4v) is 2.40. The first kappa shape index (κ1) is 13.9. The molecule has 1 unspecified atom stereocenters. The Morgan fingerprint density at radius 1 is 1.35 bits per heavy atom. The minimum Gasteiger partial charge on any atom is -0.396 e. The second-order valence-electron chi connectivity index (χ2n) is 3.79. The minimum atomic E-state index is -3.44. The number of benzene rings is 1. The SMILES string of the molecule is CC(CCO)NS(=O)(=O)/C=C/c1ccccc1. The van der Waals surface area contributed by atoms with Crippen molar-refractivity contribution in [3.05, 3.63) is 41.3 Å². The maximum atomic E-state index is 11.6. The van der Waals surface area contributed by atoms with Crippen molar-refractivity contribution in [2.24, 2.45) is 0 Å². The zero-order chi connectivity index (χ0) is 12.7. The Hall–Kier alpha value is -1.17. The van der Waals surface area contributed by atoms with Crippen molar-refractivity contribution in [3.8, 4) is 0 Å². The van der Waals surface area contributed by atoms with Crippen LogP contribution in [0.15, 0.2) is 35.7 Å². The van der Waals surface area contributed by atoms with Crippen molar-refractivity contribution in [1.29, 1.82) is 0 Å². The number of aliphatic hydroxyl groups is 1. The molecule has 0 aliphatic carbocycles. The molecule has 4 nitrogen and oxygen atoms in total. The molecule has 0 aromatic heterocycles. The van der Waals surface area contributed by atoms with Gasteiger partial charge in [0.15, 0.2) is 0 Å². The van der Waals surface area contributed by atoms with Gasteiger partial charge in [0, 0.05) is 18.1 Å². The van der Waals surface area contributed by atoms with Gasteiger partial charge in [-0.1, -0.05) is 30.3 Å². The Bertz CT molecular complexity index is 454. The number of hydrogen-bond acceptors (Lipinski definition) is 3. The summed E-state index contributed by atoms with van der Waals surface area (Å²) in [5, 5.41) is 9.82. The van der Waals surface area contributed by atoms with Gasteiger partial charge in [0.25, 0.3) is 0 Å². The topological polar surface area (TPSA) is 66.4 Å². The summed E-state index contributed by atoms with van der Waals surface area (Å²) in [6.45, 7) is 1.68. The highest BCUT2D eigenvalue weighted by Crippen LogP contribution is 2.03.